The van der Waals surface area contributed by atoms with Crippen LogP contribution in [0.5, 0.6) is 0 Å². The average molecular weight is 312 g/mol. The first-order valence-electron chi connectivity index (χ1n) is 8.84. The van der Waals surface area contributed by atoms with Gasteiger partial charge in [-0.2, -0.15) is 0 Å². The number of amides is 1. The van der Waals surface area contributed by atoms with Crippen LogP contribution in [0.15, 0.2) is 0 Å². The van der Waals surface area contributed by atoms with Crippen LogP contribution in [0, 0.1) is 11.3 Å². The van der Waals surface area contributed by atoms with Crippen LogP contribution in [-0.4, -0.2) is 43.9 Å². The quantitative estimate of drug-likeness (QED) is 0.752. The molecule has 1 heterocycles. The Kier molecular flexibility index (Phi) is 6.24. The summed E-state index contributed by atoms with van der Waals surface area (Å²) in [6, 6.07) is -0.223. The molecule has 0 bridgehead atoms. The van der Waals surface area contributed by atoms with Gasteiger partial charge < -0.3 is 20.5 Å². The van der Waals surface area contributed by atoms with Crippen LogP contribution in [0.25, 0.3) is 0 Å². The van der Waals surface area contributed by atoms with E-state index in [0.29, 0.717) is 0 Å². The molecule has 128 valence electrons. The minimum atomic E-state index is -0.415. The van der Waals surface area contributed by atoms with E-state index in [1.807, 2.05) is 6.92 Å². The summed E-state index contributed by atoms with van der Waals surface area (Å²) in [5, 5.41) is 3.21. The van der Waals surface area contributed by atoms with Gasteiger partial charge in [0.05, 0.1) is 12.1 Å². The van der Waals surface area contributed by atoms with Crippen LogP contribution in [0.3, 0.4) is 0 Å². The van der Waals surface area contributed by atoms with E-state index in [9.17, 15) is 4.79 Å². The van der Waals surface area contributed by atoms with Crippen LogP contribution in [0.4, 0.5) is 0 Å². The van der Waals surface area contributed by atoms with Crippen molar-refractivity contribution in [3.63, 3.8) is 0 Å². The van der Waals surface area contributed by atoms with E-state index in [1.54, 1.807) is 0 Å². The summed E-state index contributed by atoms with van der Waals surface area (Å²) in [6.45, 7) is 8.57. The van der Waals surface area contributed by atoms with Gasteiger partial charge in [0.1, 0.15) is 0 Å². The fourth-order valence-electron chi connectivity index (χ4n) is 4.14. The Morgan fingerprint density at radius 3 is 2.50 bits per heavy atom. The molecule has 1 saturated carbocycles. The topological polar surface area (TPSA) is 73.6 Å². The van der Waals surface area contributed by atoms with E-state index in [0.717, 1.165) is 51.9 Å². The van der Waals surface area contributed by atoms with Crippen molar-refractivity contribution in [2.45, 2.75) is 71.1 Å². The van der Waals surface area contributed by atoms with Crippen molar-refractivity contribution >= 4 is 5.91 Å². The van der Waals surface area contributed by atoms with Crippen molar-refractivity contribution in [3.05, 3.63) is 0 Å². The zero-order chi connectivity index (χ0) is 16.2. The molecular weight excluding hydrogens is 280 g/mol. The Bertz CT molecular complexity index is 365. The first kappa shape index (κ1) is 17.7. The highest BCUT2D eigenvalue weighted by Crippen LogP contribution is 2.48. The maximum Gasteiger partial charge on any atom is 0.237 e. The van der Waals surface area contributed by atoms with Crippen molar-refractivity contribution < 1.29 is 14.3 Å². The van der Waals surface area contributed by atoms with Crippen molar-refractivity contribution in [1.82, 2.24) is 5.32 Å². The van der Waals surface area contributed by atoms with Crippen LogP contribution in [0.2, 0.25) is 0 Å². The van der Waals surface area contributed by atoms with Gasteiger partial charge in [-0.15, -0.1) is 0 Å². The number of hydrogen-bond acceptors (Lipinski definition) is 4. The number of ether oxygens (including phenoxy) is 2. The van der Waals surface area contributed by atoms with E-state index < -0.39 is 6.04 Å². The second-order valence-electron chi connectivity index (χ2n) is 6.66. The molecule has 3 N–H and O–H groups in total. The molecule has 2 fully saturated rings. The van der Waals surface area contributed by atoms with Gasteiger partial charge >= 0.3 is 0 Å². The third-order valence-electron chi connectivity index (χ3n) is 5.86. The third-order valence-corrected chi connectivity index (χ3v) is 5.86. The molecule has 0 radical (unpaired) electrons. The van der Waals surface area contributed by atoms with Crippen molar-refractivity contribution in [2.24, 2.45) is 17.1 Å². The largest absolute Gasteiger partial charge is 0.381 e. The highest BCUT2D eigenvalue weighted by Gasteiger charge is 2.54. The maximum atomic E-state index is 12.5. The Morgan fingerprint density at radius 1 is 1.32 bits per heavy atom. The molecule has 3 atom stereocenters. The lowest BCUT2D eigenvalue weighted by Gasteiger charge is -2.55. The van der Waals surface area contributed by atoms with E-state index in [2.05, 4.69) is 19.2 Å². The van der Waals surface area contributed by atoms with Crippen molar-refractivity contribution in [2.75, 3.05) is 19.8 Å². The Morgan fingerprint density at radius 2 is 1.95 bits per heavy atom. The number of nitrogens with two attached hydrogens (primary N) is 1. The van der Waals surface area contributed by atoms with E-state index in [4.69, 9.17) is 15.2 Å². The highest BCUT2D eigenvalue weighted by atomic mass is 16.5. The maximum absolute atomic E-state index is 12.5. The first-order valence-corrected chi connectivity index (χ1v) is 8.84. The molecule has 0 aromatic rings. The van der Waals surface area contributed by atoms with Gasteiger partial charge in [0.2, 0.25) is 5.91 Å². The van der Waals surface area contributed by atoms with Crippen LogP contribution >= 0.6 is 0 Å². The molecule has 1 amide bonds. The fourth-order valence-corrected chi connectivity index (χ4v) is 4.14. The molecule has 1 saturated heterocycles. The molecule has 5 nitrogen and oxygen atoms in total. The molecule has 3 unspecified atom stereocenters. The lowest BCUT2D eigenvalue weighted by atomic mass is 9.58. The zero-order valence-corrected chi connectivity index (χ0v) is 14.3. The van der Waals surface area contributed by atoms with Gasteiger partial charge in [-0.05, 0) is 44.9 Å². The Hall–Kier alpha value is -0.650. The normalized spacial score (nSPS) is 29.6. The van der Waals surface area contributed by atoms with E-state index in [1.165, 1.54) is 0 Å². The van der Waals surface area contributed by atoms with Crippen LogP contribution in [0.1, 0.15) is 52.9 Å². The van der Waals surface area contributed by atoms with E-state index >= 15 is 0 Å². The van der Waals surface area contributed by atoms with Crippen molar-refractivity contribution in [3.8, 4) is 0 Å². The summed E-state index contributed by atoms with van der Waals surface area (Å²) in [6.07, 6.45) is 4.97. The Labute approximate surface area is 134 Å². The summed E-state index contributed by atoms with van der Waals surface area (Å²) >= 11 is 0. The number of carbonyl (C=O) groups is 1. The molecule has 1 aliphatic carbocycles. The van der Waals surface area contributed by atoms with Gasteiger partial charge in [-0.3, -0.25) is 4.79 Å². The molecule has 0 aromatic heterocycles. The monoisotopic (exact) mass is 312 g/mol. The molecule has 2 rings (SSSR count). The molecule has 5 heteroatoms. The Balaban J connectivity index is 1.93. The average Bonchev–Trinajstić information content (AvgIpc) is 2.55. The molecule has 0 spiro atoms. The smallest absolute Gasteiger partial charge is 0.237 e. The minimum absolute atomic E-state index is 0.00174. The summed E-state index contributed by atoms with van der Waals surface area (Å²) in [4.78, 5) is 12.5. The lowest BCUT2D eigenvalue weighted by molar-refractivity contribution is -0.150. The number of carbonyl (C=O) groups excluding carboxylic acids is 1. The standard InChI is InChI=1S/C17H32N2O3/c1-4-17(5-2)13(11-14(17)22-6-3)19-16(20)15(18)12-7-9-21-10-8-12/h12-15H,4-11,18H2,1-3H3,(H,19,20). The predicted octanol–water partition coefficient (Wildman–Crippen LogP) is 1.84. The number of nitrogens with one attached hydrogen (secondary N) is 1. The molecule has 1 aliphatic heterocycles. The zero-order valence-electron chi connectivity index (χ0n) is 14.3. The highest BCUT2D eigenvalue weighted by molar-refractivity contribution is 5.82. The fraction of sp³-hybridized carbons (Fsp3) is 0.941. The molecule has 22 heavy (non-hydrogen) atoms. The summed E-state index contributed by atoms with van der Waals surface area (Å²) < 4.78 is 11.2. The van der Waals surface area contributed by atoms with E-state index in [-0.39, 0.29) is 29.4 Å². The molecule has 0 aromatic carbocycles. The van der Waals surface area contributed by atoms with Gasteiger partial charge in [-0.1, -0.05) is 13.8 Å². The summed E-state index contributed by atoms with van der Waals surface area (Å²) in [5.74, 6) is 0.243. The summed E-state index contributed by atoms with van der Waals surface area (Å²) in [7, 11) is 0. The van der Waals surface area contributed by atoms with Gasteiger partial charge in [0, 0.05) is 31.3 Å². The summed E-state index contributed by atoms with van der Waals surface area (Å²) in [5.41, 5.74) is 6.26. The van der Waals surface area contributed by atoms with Crippen LogP contribution in [-0.2, 0) is 14.3 Å². The SMILES string of the molecule is CCOC1CC(NC(=O)C(N)C2CCOCC2)C1(CC)CC. The number of rotatable bonds is 7. The van der Waals surface area contributed by atoms with Gasteiger partial charge in [0.25, 0.3) is 0 Å². The molecule has 2 aliphatic rings. The minimum Gasteiger partial charge on any atom is -0.381 e. The lowest BCUT2D eigenvalue weighted by Crippen LogP contribution is -2.66. The van der Waals surface area contributed by atoms with Crippen molar-refractivity contribution in [1.29, 1.82) is 0 Å². The van der Waals surface area contributed by atoms with Crippen LogP contribution < -0.4 is 11.1 Å². The van der Waals surface area contributed by atoms with Gasteiger partial charge in [-0.25, -0.2) is 0 Å². The second kappa shape index (κ2) is 7.75. The van der Waals surface area contributed by atoms with Gasteiger partial charge in [0.15, 0.2) is 0 Å². The second-order valence-corrected chi connectivity index (χ2v) is 6.66. The molecular formula is C17H32N2O3. The predicted molar refractivity (Wildman–Crippen MR) is 86.5 cm³/mol. The number of hydrogen-bond donors (Lipinski definition) is 2. The third kappa shape index (κ3) is 3.31. The first-order chi connectivity index (χ1) is 10.6.